The highest BCUT2D eigenvalue weighted by Crippen LogP contribution is 2.19. The molecule has 1 aromatic carbocycles. The van der Waals surface area contributed by atoms with Gasteiger partial charge in [0.15, 0.2) is 0 Å². The first-order valence-electron chi connectivity index (χ1n) is 8.55. The average molecular weight is 366 g/mol. The van der Waals surface area contributed by atoms with E-state index in [4.69, 9.17) is 5.73 Å². The molecule has 134 valence electrons. The molecule has 4 N–H and O–H groups in total. The molecule has 2 aromatic heterocycles. The number of anilines is 2. The van der Waals surface area contributed by atoms with Gasteiger partial charge in [0.25, 0.3) is 5.91 Å². The van der Waals surface area contributed by atoms with Crippen LogP contribution >= 0.6 is 11.3 Å². The second-order valence-corrected chi connectivity index (χ2v) is 7.15. The van der Waals surface area contributed by atoms with Gasteiger partial charge in [0.1, 0.15) is 5.82 Å². The smallest absolute Gasteiger partial charge is 0.255 e. The van der Waals surface area contributed by atoms with E-state index in [0.29, 0.717) is 12.1 Å². The lowest BCUT2D eigenvalue weighted by Gasteiger charge is -2.07. The predicted octanol–water partition coefficient (Wildman–Crippen LogP) is 3.83. The Bertz CT molecular complexity index is 891. The van der Waals surface area contributed by atoms with Gasteiger partial charge in [-0.2, -0.15) is 0 Å². The molecule has 5 nitrogen and oxygen atoms in total. The van der Waals surface area contributed by atoms with Crippen molar-refractivity contribution in [3.05, 3.63) is 75.6 Å². The van der Waals surface area contributed by atoms with Crippen LogP contribution in [-0.4, -0.2) is 10.9 Å². The summed E-state index contributed by atoms with van der Waals surface area (Å²) in [7, 11) is 0. The number of thiophene rings is 1. The molecular weight excluding hydrogens is 344 g/mol. The van der Waals surface area contributed by atoms with E-state index in [1.165, 1.54) is 10.4 Å². The molecule has 1 amide bonds. The number of nitrogen functional groups attached to an aromatic ring is 1. The Labute approximate surface area is 157 Å². The van der Waals surface area contributed by atoms with Gasteiger partial charge < -0.3 is 16.4 Å². The normalized spacial score (nSPS) is 10.5. The first-order chi connectivity index (χ1) is 12.7. The molecule has 0 aliphatic carbocycles. The van der Waals surface area contributed by atoms with Gasteiger partial charge >= 0.3 is 0 Å². The van der Waals surface area contributed by atoms with Crippen LogP contribution in [0.5, 0.6) is 0 Å². The highest BCUT2D eigenvalue weighted by Gasteiger charge is 2.10. The molecule has 0 fully saturated rings. The highest BCUT2D eigenvalue weighted by atomic mass is 32.1. The molecule has 0 unspecified atom stereocenters. The van der Waals surface area contributed by atoms with Crippen molar-refractivity contribution >= 4 is 28.7 Å². The number of benzene rings is 1. The molecule has 0 radical (unpaired) electrons. The minimum absolute atomic E-state index is 0.208. The zero-order valence-electron chi connectivity index (χ0n) is 14.7. The zero-order chi connectivity index (χ0) is 18.4. The van der Waals surface area contributed by atoms with Gasteiger partial charge in [0, 0.05) is 28.2 Å². The fourth-order valence-corrected chi connectivity index (χ4v) is 3.47. The maximum Gasteiger partial charge on any atom is 0.255 e. The SMILES string of the molecule is CCc1cccc(NCc2ccc(CNC(=O)c3cccnc3N)s2)c1. The predicted molar refractivity (Wildman–Crippen MR) is 107 cm³/mol. The van der Waals surface area contributed by atoms with Crippen molar-refractivity contribution in [3.8, 4) is 0 Å². The summed E-state index contributed by atoms with van der Waals surface area (Å²) in [5.74, 6) is 0.0374. The van der Waals surface area contributed by atoms with Crippen LogP contribution in [0.25, 0.3) is 0 Å². The third-order valence-corrected chi connectivity index (χ3v) is 5.11. The average Bonchev–Trinajstić information content (AvgIpc) is 3.13. The lowest BCUT2D eigenvalue weighted by Crippen LogP contribution is -2.23. The maximum absolute atomic E-state index is 12.2. The molecule has 0 atom stereocenters. The van der Waals surface area contributed by atoms with Crippen molar-refractivity contribution in [1.29, 1.82) is 0 Å². The number of amides is 1. The third kappa shape index (κ3) is 4.61. The third-order valence-electron chi connectivity index (χ3n) is 4.03. The number of rotatable bonds is 7. The largest absolute Gasteiger partial charge is 0.383 e. The van der Waals surface area contributed by atoms with E-state index in [1.54, 1.807) is 29.7 Å². The maximum atomic E-state index is 12.2. The molecule has 0 saturated carbocycles. The van der Waals surface area contributed by atoms with Crippen LogP contribution in [0.2, 0.25) is 0 Å². The number of hydrogen-bond acceptors (Lipinski definition) is 5. The van der Waals surface area contributed by atoms with E-state index in [0.717, 1.165) is 23.5 Å². The molecule has 2 heterocycles. The number of nitrogens with one attached hydrogen (secondary N) is 2. The Hall–Kier alpha value is -2.86. The summed E-state index contributed by atoms with van der Waals surface area (Å²) >= 11 is 1.68. The van der Waals surface area contributed by atoms with E-state index >= 15 is 0 Å². The lowest BCUT2D eigenvalue weighted by molar-refractivity contribution is 0.0952. The van der Waals surface area contributed by atoms with Gasteiger partial charge in [-0.3, -0.25) is 4.79 Å². The van der Waals surface area contributed by atoms with E-state index < -0.39 is 0 Å². The number of nitrogens with zero attached hydrogens (tertiary/aromatic N) is 1. The molecule has 0 bridgehead atoms. The van der Waals surface area contributed by atoms with E-state index in [9.17, 15) is 4.79 Å². The molecule has 0 aliphatic rings. The Kier molecular flexibility index (Phi) is 5.86. The summed E-state index contributed by atoms with van der Waals surface area (Å²) < 4.78 is 0. The molecule has 0 saturated heterocycles. The minimum Gasteiger partial charge on any atom is -0.383 e. The van der Waals surface area contributed by atoms with E-state index in [1.807, 2.05) is 6.07 Å². The molecule has 6 heteroatoms. The second kappa shape index (κ2) is 8.49. The molecule has 0 aliphatic heterocycles. The number of carbonyl (C=O) groups is 1. The van der Waals surface area contributed by atoms with Crippen LogP contribution in [0.4, 0.5) is 11.5 Å². The van der Waals surface area contributed by atoms with Gasteiger partial charge in [-0.1, -0.05) is 19.1 Å². The summed E-state index contributed by atoms with van der Waals surface area (Å²) in [6.07, 6.45) is 2.60. The summed E-state index contributed by atoms with van der Waals surface area (Å²) in [6.45, 7) is 3.39. The Morgan fingerprint density at radius 3 is 2.69 bits per heavy atom. The number of aromatic nitrogens is 1. The molecule has 0 spiro atoms. The van der Waals surface area contributed by atoms with Gasteiger partial charge in [0.05, 0.1) is 12.1 Å². The first kappa shape index (κ1) is 17.9. The summed E-state index contributed by atoms with van der Waals surface area (Å²) in [5, 5.41) is 6.33. The van der Waals surface area contributed by atoms with Crippen molar-refractivity contribution in [2.24, 2.45) is 0 Å². The number of carbonyl (C=O) groups excluding carboxylic acids is 1. The number of pyridine rings is 1. The molecule has 26 heavy (non-hydrogen) atoms. The monoisotopic (exact) mass is 366 g/mol. The Balaban J connectivity index is 1.53. The van der Waals surface area contributed by atoms with Gasteiger partial charge in [-0.25, -0.2) is 4.98 Å². The molecule has 3 aromatic rings. The lowest BCUT2D eigenvalue weighted by atomic mass is 10.1. The van der Waals surface area contributed by atoms with Crippen molar-refractivity contribution < 1.29 is 4.79 Å². The number of aryl methyl sites for hydroxylation is 1. The van der Waals surface area contributed by atoms with Crippen LogP contribution in [0.1, 0.15) is 32.6 Å². The van der Waals surface area contributed by atoms with Crippen molar-refractivity contribution in [2.75, 3.05) is 11.1 Å². The Morgan fingerprint density at radius 2 is 1.92 bits per heavy atom. The number of nitrogens with two attached hydrogens (primary N) is 1. The van der Waals surface area contributed by atoms with Crippen molar-refractivity contribution in [2.45, 2.75) is 26.4 Å². The van der Waals surface area contributed by atoms with Crippen LogP contribution in [0.3, 0.4) is 0 Å². The van der Waals surface area contributed by atoms with Crippen LogP contribution in [0, 0.1) is 0 Å². The quantitative estimate of drug-likeness (QED) is 0.594. The second-order valence-electron chi connectivity index (χ2n) is 5.89. The fraction of sp³-hybridized carbons (Fsp3) is 0.200. The van der Waals surface area contributed by atoms with Gasteiger partial charge in [-0.05, 0) is 48.4 Å². The Morgan fingerprint density at radius 1 is 1.12 bits per heavy atom. The zero-order valence-corrected chi connectivity index (χ0v) is 15.5. The minimum atomic E-state index is -0.208. The van der Waals surface area contributed by atoms with Gasteiger partial charge in [0.2, 0.25) is 0 Å². The van der Waals surface area contributed by atoms with E-state index in [2.05, 4.69) is 52.9 Å². The number of hydrogen-bond donors (Lipinski definition) is 3. The van der Waals surface area contributed by atoms with Crippen molar-refractivity contribution in [3.63, 3.8) is 0 Å². The summed E-state index contributed by atoms with van der Waals surface area (Å²) in [6, 6.07) is 15.9. The first-order valence-corrected chi connectivity index (χ1v) is 9.36. The summed E-state index contributed by atoms with van der Waals surface area (Å²) in [5.41, 5.74) is 8.58. The van der Waals surface area contributed by atoms with Crippen LogP contribution < -0.4 is 16.4 Å². The van der Waals surface area contributed by atoms with Crippen molar-refractivity contribution in [1.82, 2.24) is 10.3 Å². The van der Waals surface area contributed by atoms with Gasteiger partial charge in [-0.15, -0.1) is 11.3 Å². The standard InChI is InChI=1S/C20H22N4OS/c1-2-14-5-3-6-15(11-14)23-12-16-8-9-17(26-16)13-24-20(25)18-7-4-10-22-19(18)21/h3-11,23H,2,12-13H2,1H3,(H2,21,22)(H,24,25). The van der Waals surface area contributed by atoms with Crippen LogP contribution in [0.15, 0.2) is 54.7 Å². The molecular formula is C20H22N4OS. The highest BCUT2D eigenvalue weighted by molar-refractivity contribution is 7.12. The molecule has 3 rings (SSSR count). The van der Waals surface area contributed by atoms with E-state index in [-0.39, 0.29) is 11.7 Å². The fourth-order valence-electron chi connectivity index (χ4n) is 2.57. The topological polar surface area (TPSA) is 80.0 Å². The van der Waals surface area contributed by atoms with Crippen LogP contribution in [-0.2, 0) is 19.5 Å². The summed E-state index contributed by atoms with van der Waals surface area (Å²) in [4.78, 5) is 18.4.